The molecule has 3 aromatic rings. The van der Waals surface area contributed by atoms with Gasteiger partial charge in [0, 0.05) is 31.8 Å². The molecule has 38 heavy (non-hydrogen) atoms. The van der Waals surface area contributed by atoms with E-state index in [0.29, 0.717) is 24.9 Å². The van der Waals surface area contributed by atoms with Gasteiger partial charge < -0.3 is 19.5 Å². The Morgan fingerprint density at radius 2 is 1.95 bits per heavy atom. The molecule has 5 rings (SSSR count). The summed E-state index contributed by atoms with van der Waals surface area (Å²) in [5.74, 6) is 0.964. The first-order valence-electron chi connectivity index (χ1n) is 14.1. The van der Waals surface area contributed by atoms with Crippen molar-refractivity contribution in [1.29, 1.82) is 0 Å². The fourth-order valence-electron chi connectivity index (χ4n) is 5.76. The molecule has 2 atom stereocenters. The van der Waals surface area contributed by atoms with Gasteiger partial charge in [-0.2, -0.15) is 5.10 Å². The highest BCUT2D eigenvalue weighted by Crippen LogP contribution is 2.48. The van der Waals surface area contributed by atoms with Crippen molar-refractivity contribution in [3.63, 3.8) is 0 Å². The van der Waals surface area contributed by atoms with E-state index in [-0.39, 0.29) is 12.0 Å². The van der Waals surface area contributed by atoms with Crippen molar-refractivity contribution in [1.82, 2.24) is 24.6 Å². The van der Waals surface area contributed by atoms with Crippen LogP contribution in [0.3, 0.4) is 0 Å². The lowest BCUT2D eigenvalue weighted by Crippen LogP contribution is -2.35. The van der Waals surface area contributed by atoms with Crippen molar-refractivity contribution >= 4 is 29.6 Å². The van der Waals surface area contributed by atoms with Crippen LogP contribution in [0.4, 0.5) is 0 Å². The number of aryl methyl sites for hydroxylation is 1. The molecule has 0 saturated heterocycles. The van der Waals surface area contributed by atoms with Crippen LogP contribution >= 0.6 is 11.3 Å². The molecule has 0 aromatic carbocycles. The molecule has 3 heterocycles. The highest BCUT2D eigenvalue weighted by Gasteiger charge is 2.33. The van der Waals surface area contributed by atoms with Crippen molar-refractivity contribution in [3.05, 3.63) is 34.7 Å². The second kappa shape index (κ2) is 11.7. The minimum atomic E-state index is -1.11. The van der Waals surface area contributed by atoms with Crippen molar-refractivity contribution in [3.8, 4) is 5.88 Å². The van der Waals surface area contributed by atoms with E-state index in [4.69, 9.17) is 9.47 Å². The molecular weight excluding hydrogens is 514 g/mol. The van der Waals surface area contributed by atoms with Gasteiger partial charge in [0.2, 0.25) is 5.88 Å². The largest absolute Gasteiger partial charge is 0.474 e. The quantitative estimate of drug-likeness (QED) is 0.242. The first-order chi connectivity index (χ1) is 18.2. The monoisotopic (exact) mass is 557 g/mol. The maximum atomic E-state index is 11.1. The molecule has 0 amide bonds. The third-order valence-corrected chi connectivity index (χ3v) is 11.0. The number of thiophene rings is 1. The van der Waals surface area contributed by atoms with Crippen LogP contribution in [0.2, 0.25) is 25.7 Å². The number of ether oxygens (including phenoxy) is 2. The highest BCUT2D eigenvalue weighted by molar-refractivity contribution is 7.19. The van der Waals surface area contributed by atoms with Crippen molar-refractivity contribution < 1.29 is 14.6 Å². The van der Waals surface area contributed by atoms with E-state index in [0.717, 1.165) is 67.3 Å². The summed E-state index contributed by atoms with van der Waals surface area (Å²) >= 11 is 1.76. The standard InChI is InChI=1S/C28H43N5O3SSi/c1-32(2)20-7-9-21(10-8-20)36-27-26-25-19(6-11-24(25)37-28(26)30-17-29-27)16-23(34)22-12-13-33(31-22)18-35-14-15-38(3,4)5/h12-13,17,19-21,23,34H,6-11,14-16,18H2,1-5H3/t19-,20?,21?,23?/m1/s1. The summed E-state index contributed by atoms with van der Waals surface area (Å²) in [6.45, 7) is 8.23. The van der Waals surface area contributed by atoms with Gasteiger partial charge >= 0.3 is 0 Å². The highest BCUT2D eigenvalue weighted by atomic mass is 32.1. The van der Waals surface area contributed by atoms with Crippen molar-refractivity contribution in [2.75, 3.05) is 20.7 Å². The molecule has 1 N–H and O–H groups in total. The SMILES string of the molecule is CN(C)C1CCC(Oc2ncnc3sc4c(c23)[C@@H](CC(O)c2ccn(COCC[Si](C)(C)C)n2)CC4)CC1. The van der Waals surface area contributed by atoms with Gasteiger partial charge in [-0.05, 0) is 82.6 Å². The normalized spacial score (nSPS) is 22.8. The van der Waals surface area contributed by atoms with Crippen LogP contribution in [0.5, 0.6) is 5.88 Å². The zero-order chi connectivity index (χ0) is 26.9. The maximum Gasteiger partial charge on any atom is 0.225 e. The van der Waals surface area contributed by atoms with Gasteiger partial charge in [0.1, 0.15) is 24.0 Å². The first kappa shape index (κ1) is 27.7. The Morgan fingerprint density at radius 3 is 2.68 bits per heavy atom. The molecule has 8 nitrogen and oxygen atoms in total. The fraction of sp³-hybridized carbons (Fsp3) is 0.679. The first-order valence-corrected chi connectivity index (χ1v) is 18.6. The Kier molecular flexibility index (Phi) is 8.54. The van der Waals surface area contributed by atoms with Crippen LogP contribution in [-0.2, 0) is 17.9 Å². The van der Waals surface area contributed by atoms with E-state index in [2.05, 4.69) is 53.7 Å². The molecule has 2 aliphatic carbocycles. The van der Waals surface area contributed by atoms with E-state index in [1.807, 2.05) is 12.3 Å². The van der Waals surface area contributed by atoms with E-state index >= 15 is 0 Å². The summed E-state index contributed by atoms with van der Waals surface area (Å²) in [6.07, 6.45) is 10.2. The fourth-order valence-corrected chi connectivity index (χ4v) is 7.74. The summed E-state index contributed by atoms with van der Waals surface area (Å²) < 4.78 is 14.1. The molecule has 1 saturated carbocycles. The van der Waals surface area contributed by atoms with Crippen LogP contribution in [0.25, 0.3) is 10.2 Å². The predicted molar refractivity (Wildman–Crippen MR) is 155 cm³/mol. The lowest BCUT2D eigenvalue weighted by molar-refractivity contribution is 0.0765. The van der Waals surface area contributed by atoms with Crippen molar-refractivity contribution in [2.45, 2.75) is 102 Å². The molecule has 3 aromatic heterocycles. The molecule has 0 aliphatic heterocycles. The van der Waals surface area contributed by atoms with Gasteiger partial charge in [-0.25, -0.2) is 14.6 Å². The second-order valence-corrected chi connectivity index (χ2v) is 19.1. The molecule has 1 fully saturated rings. The van der Waals surface area contributed by atoms with E-state index in [1.54, 1.807) is 22.3 Å². The van der Waals surface area contributed by atoms with Gasteiger partial charge in [0.15, 0.2) is 0 Å². The Balaban J connectivity index is 1.25. The zero-order valence-electron chi connectivity index (χ0n) is 23.5. The zero-order valence-corrected chi connectivity index (χ0v) is 25.3. The van der Waals surface area contributed by atoms with Crippen LogP contribution in [0, 0.1) is 0 Å². The molecule has 0 radical (unpaired) electrons. The molecule has 10 heteroatoms. The maximum absolute atomic E-state index is 11.1. The van der Waals surface area contributed by atoms with E-state index in [9.17, 15) is 5.11 Å². The van der Waals surface area contributed by atoms with Gasteiger partial charge in [0.25, 0.3) is 0 Å². The van der Waals surface area contributed by atoms with Gasteiger partial charge in [-0.3, -0.25) is 0 Å². The lowest BCUT2D eigenvalue weighted by atomic mass is 9.92. The molecule has 0 spiro atoms. The number of fused-ring (bicyclic) bond motifs is 3. The third kappa shape index (κ3) is 6.47. The molecule has 208 valence electrons. The van der Waals surface area contributed by atoms with E-state index < -0.39 is 14.2 Å². The van der Waals surface area contributed by atoms with Gasteiger partial charge in [-0.1, -0.05) is 19.6 Å². The minimum Gasteiger partial charge on any atom is -0.474 e. The van der Waals surface area contributed by atoms with Gasteiger partial charge in [0.05, 0.1) is 17.2 Å². The van der Waals surface area contributed by atoms with Crippen LogP contribution in [0.15, 0.2) is 18.6 Å². The Labute approximate surface area is 231 Å². The Hall–Kier alpha value is -1.85. The minimum absolute atomic E-state index is 0.196. The Bertz CT molecular complexity index is 1220. The summed E-state index contributed by atoms with van der Waals surface area (Å²) in [5, 5.41) is 16.8. The number of hydrogen-bond acceptors (Lipinski definition) is 8. The summed E-state index contributed by atoms with van der Waals surface area (Å²) in [4.78, 5) is 13.9. The smallest absolute Gasteiger partial charge is 0.225 e. The lowest BCUT2D eigenvalue weighted by Gasteiger charge is -2.32. The molecule has 1 unspecified atom stereocenters. The van der Waals surface area contributed by atoms with Crippen LogP contribution < -0.4 is 4.74 Å². The second-order valence-electron chi connectivity index (χ2n) is 12.4. The number of aromatic nitrogens is 4. The summed E-state index contributed by atoms with van der Waals surface area (Å²) in [5.41, 5.74) is 1.99. The predicted octanol–water partition coefficient (Wildman–Crippen LogP) is 5.61. The number of rotatable bonds is 11. The van der Waals surface area contributed by atoms with E-state index in [1.165, 1.54) is 10.4 Å². The number of nitrogens with zero attached hydrogens (tertiary/aromatic N) is 5. The summed E-state index contributed by atoms with van der Waals surface area (Å²) in [6, 6.07) is 3.68. The average Bonchev–Trinajstić information content (AvgIpc) is 3.58. The van der Waals surface area contributed by atoms with Crippen LogP contribution in [0.1, 0.15) is 66.7 Å². The molecular formula is C28H43N5O3SSi. The van der Waals surface area contributed by atoms with Gasteiger partial charge in [-0.15, -0.1) is 11.3 Å². The number of hydrogen-bond donors (Lipinski definition) is 1. The van der Waals surface area contributed by atoms with Crippen molar-refractivity contribution in [2.24, 2.45) is 0 Å². The number of aliphatic hydroxyl groups is 1. The third-order valence-electron chi connectivity index (χ3n) is 8.08. The average molecular weight is 558 g/mol. The Morgan fingerprint density at radius 1 is 1.16 bits per heavy atom. The number of aliphatic hydroxyl groups excluding tert-OH is 1. The molecule has 2 aliphatic rings. The molecule has 0 bridgehead atoms. The van der Waals surface area contributed by atoms with Crippen LogP contribution in [-0.4, -0.2) is 70.7 Å². The topological polar surface area (TPSA) is 85.5 Å². The summed E-state index contributed by atoms with van der Waals surface area (Å²) in [7, 11) is 3.22.